The van der Waals surface area contributed by atoms with Crippen LogP contribution in [0.5, 0.6) is 5.75 Å². The zero-order chi connectivity index (χ0) is 18.8. The summed E-state index contributed by atoms with van der Waals surface area (Å²) in [5.74, 6) is 2.24. The number of carbonyl (C=O) groups excluding carboxylic acids is 1. The normalized spacial score (nSPS) is 10.7. The van der Waals surface area contributed by atoms with Crippen LogP contribution in [-0.2, 0) is 17.8 Å². The highest BCUT2D eigenvalue weighted by Crippen LogP contribution is 2.13. The number of guanidine groups is 1. The van der Waals surface area contributed by atoms with Crippen LogP contribution < -0.4 is 15.4 Å². The molecular formula is C19H27IN4O3. The Balaban J connectivity index is 0.00000364. The molecule has 0 atom stereocenters. The minimum Gasteiger partial charge on any atom is -0.484 e. The molecule has 0 spiro atoms. The van der Waals surface area contributed by atoms with Crippen LogP contribution in [0.15, 0.2) is 52.1 Å². The molecule has 1 amide bonds. The predicted octanol–water partition coefficient (Wildman–Crippen LogP) is 2.27. The van der Waals surface area contributed by atoms with Crippen LogP contribution in [0.4, 0.5) is 0 Å². The van der Waals surface area contributed by atoms with Crippen LogP contribution in [0.25, 0.3) is 0 Å². The van der Waals surface area contributed by atoms with Gasteiger partial charge < -0.3 is 24.7 Å². The van der Waals surface area contributed by atoms with E-state index in [9.17, 15) is 4.79 Å². The fourth-order valence-corrected chi connectivity index (χ4v) is 2.18. The monoisotopic (exact) mass is 486 g/mol. The van der Waals surface area contributed by atoms with E-state index in [0.29, 0.717) is 18.3 Å². The summed E-state index contributed by atoms with van der Waals surface area (Å²) in [6.07, 6.45) is 2.46. The van der Waals surface area contributed by atoms with Crippen molar-refractivity contribution in [1.82, 2.24) is 15.5 Å². The first kappa shape index (κ1) is 22.8. The first-order valence-electron chi connectivity index (χ1n) is 8.47. The van der Waals surface area contributed by atoms with Crippen molar-refractivity contribution in [2.24, 2.45) is 4.99 Å². The number of rotatable bonds is 8. The van der Waals surface area contributed by atoms with Gasteiger partial charge in [0.15, 0.2) is 12.6 Å². The molecule has 2 rings (SSSR count). The number of ether oxygens (including phenoxy) is 1. The Morgan fingerprint density at radius 2 is 2.04 bits per heavy atom. The molecule has 148 valence electrons. The quantitative estimate of drug-likeness (QED) is 0.340. The second-order valence-electron chi connectivity index (χ2n) is 5.91. The molecule has 0 saturated heterocycles. The molecule has 0 unspecified atom stereocenters. The first-order chi connectivity index (χ1) is 12.6. The Morgan fingerprint density at radius 1 is 1.22 bits per heavy atom. The molecule has 27 heavy (non-hydrogen) atoms. The lowest BCUT2D eigenvalue weighted by molar-refractivity contribution is -0.130. The van der Waals surface area contributed by atoms with Crippen LogP contribution in [0.1, 0.15) is 11.3 Å². The molecular weight excluding hydrogens is 459 g/mol. The van der Waals surface area contributed by atoms with Crippen molar-refractivity contribution in [2.75, 3.05) is 34.3 Å². The average Bonchev–Trinajstić information content (AvgIpc) is 3.16. The summed E-state index contributed by atoms with van der Waals surface area (Å²) in [7, 11) is 5.14. The number of nitrogens with zero attached hydrogens (tertiary/aromatic N) is 2. The standard InChI is InChI=1S/C19H26N4O3.HI/c1-20-19(21-10-9-16-8-5-11-25-16)22-13-15-6-4-7-17(12-15)26-14-18(24)23(2)3;/h4-8,11-12H,9-10,13-14H2,1-3H3,(H2,20,21,22);1H. The van der Waals surface area contributed by atoms with Gasteiger partial charge in [-0.25, -0.2) is 0 Å². The van der Waals surface area contributed by atoms with Crippen molar-refractivity contribution in [3.8, 4) is 5.75 Å². The lowest BCUT2D eigenvalue weighted by Crippen LogP contribution is -2.37. The fourth-order valence-electron chi connectivity index (χ4n) is 2.18. The maximum atomic E-state index is 11.6. The number of amides is 1. The van der Waals surface area contributed by atoms with E-state index in [1.165, 1.54) is 4.90 Å². The zero-order valence-corrected chi connectivity index (χ0v) is 18.2. The lowest BCUT2D eigenvalue weighted by Gasteiger charge is -2.13. The van der Waals surface area contributed by atoms with Crippen LogP contribution >= 0.6 is 24.0 Å². The Morgan fingerprint density at radius 3 is 2.70 bits per heavy atom. The number of hydrogen-bond acceptors (Lipinski definition) is 4. The zero-order valence-electron chi connectivity index (χ0n) is 15.9. The second-order valence-corrected chi connectivity index (χ2v) is 5.91. The minimum absolute atomic E-state index is 0. The molecule has 1 aromatic carbocycles. The van der Waals surface area contributed by atoms with Crippen LogP contribution in [0.2, 0.25) is 0 Å². The molecule has 0 fully saturated rings. The van der Waals surface area contributed by atoms with Gasteiger partial charge in [-0.2, -0.15) is 0 Å². The van der Waals surface area contributed by atoms with Gasteiger partial charge in [-0.3, -0.25) is 9.79 Å². The highest BCUT2D eigenvalue weighted by Gasteiger charge is 2.06. The fraction of sp³-hybridized carbons (Fsp3) is 0.368. The van der Waals surface area contributed by atoms with E-state index < -0.39 is 0 Å². The molecule has 1 heterocycles. The van der Waals surface area contributed by atoms with Crippen molar-refractivity contribution in [1.29, 1.82) is 0 Å². The summed E-state index contributed by atoms with van der Waals surface area (Å²) in [5, 5.41) is 6.50. The highest BCUT2D eigenvalue weighted by molar-refractivity contribution is 14.0. The van der Waals surface area contributed by atoms with Crippen LogP contribution in [0, 0.1) is 0 Å². The van der Waals surface area contributed by atoms with Gasteiger partial charge in [0.05, 0.1) is 6.26 Å². The van der Waals surface area contributed by atoms with Crippen molar-refractivity contribution < 1.29 is 13.9 Å². The van der Waals surface area contributed by atoms with Crippen molar-refractivity contribution in [3.63, 3.8) is 0 Å². The number of hydrogen-bond donors (Lipinski definition) is 2. The third kappa shape index (κ3) is 8.33. The van der Waals surface area contributed by atoms with E-state index in [2.05, 4.69) is 15.6 Å². The summed E-state index contributed by atoms with van der Waals surface area (Å²) < 4.78 is 10.8. The molecule has 8 heteroatoms. The van der Waals surface area contributed by atoms with E-state index in [1.807, 2.05) is 36.4 Å². The summed E-state index contributed by atoms with van der Waals surface area (Å²) in [5.41, 5.74) is 1.04. The Hall–Kier alpha value is -2.23. The number of benzene rings is 1. The smallest absolute Gasteiger partial charge is 0.259 e. The maximum Gasteiger partial charge on any atom is 0.259 e. The van der Waals surface area contributed by atoms with Gasteiger partial charge >= 0.3 is 0 Å². The molecule has 0 radical (unpaired) electrons. The number of furan rings is 1. The Bertz CT molecular complexity index is 718. The van der Waals surface area contributed by atoms with E-state index in [-0.39, 0.29) is 36.5 Å². The van der Waals surface area contributed by atoms with Gasteiger partial charge in [-0.05, 0) is 29.8 Å². The minimum atomic E-state index is -0.0744. The van der Waals surface area contributed by atoms with Gasteiger partial charge in [0.2, 0.25) is 0 Å². The second kappa shape index (κ2) is 12.2. The Kier molecular flexibility index (Phi) is 10.3. The molecule has 2 N–H and O–H groups in total. The molecule has 0 aliphatic heterocycles. The first-order valence-corrected chi connectivity index (χ1v) is 8.47. The molecule has 0 bridgehead atoms. The third-order valence-corrected chi connectivity index (χ3v) is 3.69. The molecule has 7 nitrogen and oxygen atoms in total. The molecule has 0 aliphatic carbocycles. The topological polar surface area (TPSA) is 79.1 Å². The molecule has 0 aliphatic rings. The highest BCUT2D eigenvalue weighted by atomic mass is 127. The van der Waals surface area contributed by atoms with E-state index in [0.717, 1.165) is 24.3 Å². The van der Waals surface area contributed by atoms with Gasteiger partial charge in [0.25, 0.3) is 5.91 Å². The average molecular weight is 486 g/mol. The summed E-state index contributed by atoms with van der Waals surface area (Å²) in [4.78, 5) is 17.3. The number of likely N-dealkylation sites (N-methyl/N-ethyl adjacent to an activating group) is 1. The molecule has 1 aromatic heterocycles. The number of carbonyl (C=O) groups is 1. The van der Waals surface area contributed by atoms with Gasteiger partial charge in [-0.1, -0.05) is 12.1 Å². The largest absolute Gasteiger partial charge is 0.484 e. The SMILES string of the molecule is CN=C(NCCc1ccco1)NCc1cccc(OCC(=O)N(C)C)c1.I. The van der Waals surface area contributed by atoms with Gasteiger partial charge in [-0.15, -0.1) is 24.0 Å². The number of aliphatic imine (C=N–C) groups is 1. The van der Waals surface area contributed by atoms with Crippen LogP contribution in [0.3, 0.4) is 0 Å². The maximum absolute atomic E-state index is 11.6. The van der Waals surface area contributed by atoms with Crippen LogP contribution in [-0.4, -0.2) is 51.1 Å². The predicted molar refractivity (Wildman–Crippen MR) is 117 cm³/mol. The van der Waals surface area contributed by atoms with Crippen molar-refractivity contribution in [3.05, 3.63) is 54.0 Å². The van der Waals surface area contributed by atoms with Crippen molar-refractivity contribution in [2.45, 2.75) is 13.0 Å². The molecule has 2 aromatic rings. The van der Waals surface area contributed by atoms with Gasteiger partial charge in [0.1, 0.15) is 11.5 Å². The lowest BCUT2D eigenvalue weighted by atomic mass is 10.2. The molecule has 0 saturated carbocycles. The Labute approximate surface area is 177 Å². The van der Waals surface area contributed by atoms with E-state index in [1.54, 1.807) is 27.4 Å². The van der Waals surface area contributed by atoms with Crippen molar-refractivity contribution >= 4 is 35.8 Å². The van der Waals surface area contributed by atoms with E-state index >= 15 is 0 Å². The summed E-state index contributed by atoms with van der Waals surface area (Å²) in [6.45, 7) is 1.35. The summed E-state index contributed by atoms with van der Waals surface area (Å²) >= 11 is 0. The van der Waals surface area contributed by atoms with Gasteiger partial charge in [0, 0.05) is 40.7 Å². The third-order valence-electron chi connectivity index (χ3n) is 3.69. The number of halogens is 1. The van der Waals surface area contributed by atoms with E-state index in [4.69, 9.17) is 9.15 Å². The summed E-state index contributed by atoms with van der Waals surface area (Å²) in [6, 6.07) is 11.5. The number of nitrogens with one attached hydrogen (secondary N) is 2.